The average molecular weight is 196 g/mol. The van der Waals surface area contributed by atoms with E-state index in [0.717, 1.165) is 25.7 Å². The predicted octanol–water partition coefficient (Wildman–Crippen LogP) is 3.09. The Kier molecular flexibility index (Phi) is 4.18. The molecule has 0 saturated carbocycles. The molecule has 0 saturated heterocycles. The Morgan fingerprint density at radius 1 is 1.57 bits per heavy atom. The zero-order valence-corrected chi connectivity index (χ0v) is 9.07. The number of allylic oxidation sites excluding steroid dienone is 2. The Labute approximate surface area is 86.0 Å². The van der Waals surface area contributed by atoms with E-state index in [1.807, 2.05) is 0 Å². The molecule has 0 heterocycles. The van der Waals surface area contributed by atoms with E-state index in [0.29, 0.717) is 5.92 Å². The van der Waals surface area contributed by atoms with Gasteiger partial charge in [-0.3, -0.25) is 4.79 Å². The molecule has 0 aliphatic heterocycles. The molecule has 80 valence electrons. The monoisotopic (exact) mass is 196 g/mol. The largest absolute Gasteiger partial charge is 0.481 e. The van der Waals surface area contributed by atoms with Crippen molar-refractivity contribution in [3.05, 3.63) is 12.2 Å². The number of hydrogen-bond donors (Lipinski definition) is 1. The molecular weight excluding hydrogens is 176 g/mol. The standard InChI is InChI=1S/C12H20O2/c1-9(2)8-11(12(13)14)10-6-4-3-5-7-10/h4,6,9-11H,3,5,7-8H2,1-2H3,(H,13,14). The summed E-state index contributed by atoms with van der Waals surface area (Å²) in [5, 5.41) is 9.14. The molecule has 0 aromatic heterocycles. The first-order valence-electron chi connectivity index (χ1n) is 5.50. The second-order valence-electron chi connectivity index (χ2n) is 4.60. The van der Waals surface area contributed by atoms with Gasteiger partial charge in [0, 0.05) is 0 Å². The van der Waals surface area contributed by atoms with Gasteiger partial charge in [-0.25, -0.2) is 0 Å². The van der Waals surface area contributed by atoms with Crippen molar-refractivity contribution in [3.63, 3.8) is 0 Å². The van der Waals surface area contributed by atoms with Crippen molar-refractivity contribution in [2.75, 3.05) is 0 Å². The van der Waals surface area contributed by atoms with E-state index < -0.39 is 5.97 Å². The summed E-state index contributed by atoms with van der Waals surface area (Å²) in [7, 11) is 0. The van der Waals surface area contributed by atoms with Gasteiger partial charge in [-0.1, -0.05) is 26.0 Å². The number of hydrogen-bond acceptors (Lipinski definition) is 1. The Balaban J connectivity index is 2.61. The molecule has 0 aromatic carbocycles. The summed E-state index contributed by atoms with van der Waals surface area (Å²) in [6.07, 6.45) is 8.33. The van der Waals surface area contributed by atoms with Crippen molar-refractivity contribution >= 4 is 5.97 Å². The molecule has 14 heavy (non-hydrogen) atoms. The third-order valence-electron chi connectivity index (χ3n) is 2.85. The highest BCUT2D eigenvalue weighted by atomic mass is 16.4. The average Bonchev–Trinajstić information content (AvgIpc) is 2.15. The highest BCUT2D eigenvalue weighted by molar-refractivity contribution is 5.70. The van der Waals surface area contributed by atoms with Gasteiger partial charge in [-0.2, -0.15) is 0 Å². The van der Waals surface area contributed by atoms with Gasteiger partial charge in [0.1, 0.15) is 0 Å². The number of carboxylic acids is 1. The van der Waals surface area contributed by atoms with E-state index in [1.54, 1.807) is 0 Å². The third-order valence-corrected chi connectivity index (χ3v) is 2.85. The van der Waals surface area contributed by atoms with E-state index in [9.17, 15) is 4.79 Å². The number of aliphatic carboxylic acids is 1. The fraction of sp³-hybridized carbons (Fsp3) is 0.750. The molecule has 0 spiro atoms. The van der Waals surface area contributed by atoms with Gasteiger partial charge in [0.2, 0.25) is 0 Å². The van der Waals surface area contributed by atoms with E-state index in [2.05, 4.69) is 26.0 Å². The maximum absolute atomic E-state index is 11.1. The summed E-state index contributed by atoms with van der Waals surface area (Å²) in [6.45, 7) is 4.17. The van der Waals surface area contributed by atoms with Crippen LogP contribution in [0.4, 0.5) is 0 Å². The summed E-state index contributed by atoms with van der Waals surface area (Å²) in [5.74, 6) is -0.0723. The van der Waals surface area contributed by atoms with Crippen LogP contribution in [0.5, 0.6) is 0 Å². The van der Waals surface area contributed by atoms with E-state index in [4.69, 9.17) is 5.11 Å². The summed E-state index contributed by atoms with van der Waals surface area (Å²) < 4.78 is 0. The molecule has 0 amide bonds. The summed E-state index contributed by atoms with van der Waals surface area (Å²) >= 11 is 0. The molecule has 0 bridgehead atoms. The molecule has 1 N–H and O–H groups in total. The summed E-state index contributed by atoms with van der Waals surface area (Å²) in [4.78, 5) is 11.1. The molecule has 0 aromatic rings. The second-order valence-corrected chi connectivity index (χ2v) is 4.60. The van der Waals surface area contributed by atoms with E-state index in [-0.39, 0.29) is 11.8 Å². The zero-order valence-electron chi connectivity index (χ0n) is 9.07. The highest BCUT2D eigenvalue weighted by Crippen LogP contribution is 2.29. The molecule has 1 aliphatic carbocycles. The predicted molar refractivity (Wildman–Crippen MR) is 57.1 cm³/mol. The number of rotatable bonds is 4. The van der Waals surface area contributed by atoms with Crippen LogP contribution in [-0.2, 0) is 4.79 Å². The van der Waals surface area contributed by atoms with Gasteiger partial charge < -0.3 is 5.11 Å². The topological polar surface area (TPSA) is 37.3 Å². The number of carboxylic acid groups (broad SMARTS) is 1. The van der Waals surface area contributed by atoms with Crippen molar-refractivity contribution in [1.82, 2.24) is 0 Å². The SMILES string of the molecule is CC(C)CC(C(=O)O)C1C=CCCC1. The van der Waals surface area contributed by atoms with Gasteiger partial charge in [0.05, 0.1) is 5.92 Å². The van der Waals surface area contributed by atoms with Crippen molar-refractivity contribution < 1.29 is 9.90 Å². The van der Waals surface area contributed by atoms with Crippen LogP contribution in [0.2, 0.25) is 0 Å². The van der Waals surface area contributed by atoms with Crippen LogP contribution in [0, 0.1) is 17.8 Å². The van der Waals surface area contributed by atoms with Crippen LogP contribution >= 0.6 is 0 Å². The van der Waals surface area contributed by atoms with Gasteiger partial charge in [-0.05, 0) is 37.5 Å². The second kappa shape index (κ2) is 5.18. The normalized spacial score (nSPS) is 23.8. The first kappa shape index (κ1) is 11.3. The van der Waals surface area contributed by atoms with Crippen LogP contribution in [0.15, 0.2) is 12.2 Å². The lowest BCUT2D eigenvalue weighted by atomic mass is 9.80. The highest BCUT2D eigenvalue weighted by Gasteiger charge is 2.27. The molecular formula is C12H20O2. The van der Waals surface area contributed by atoms with Crippen molar-refractivity contribution in [1.29, 1.82) is 0 Å². The lowest BCUT2D eigenvalue weighted by molar-refractivity contribution is -0.143. The molecule has 1 rings (SSSR count). The van der Waals surface area contributed by atoms with Gasteiger partial charge in [0.15, 0.2) is 0 Å². The van der Waals surface area contributed by atoms with Crippen LogP contribution in [0.25, 0.3) is 0 Å². The Morgan fingerprint density at radius 3 is 2.71 bits per heavy atom. The maximum atomic E-state index is 11.1. The quantitative estimate of drug-likeness (QED) is 0.701. The minimum atomic E-state index is -0.629. The molecule has 0 radical (unpaired) electrons. The Bertz CT molecular complexity index is 218. The van der Waals surface area contributed by atoms with Crippen LogP contribution in [-0.4, -0.2) is 11.1 Å². The van der Waals surface area contributed by atoms with E-state index >= 15 is 0 Å². The Hall–Kier alpha value is -0.790. The first-order valence-corrected chi connectivity index (χ1v) is 5.50. The van der Waals surface area contributed by atoms with Crippen molar-refractivity contribution in [2.45, 2.75) is 39.5 Å². The molecule has 2 heteroatoms. The molecule has 1 aliphatic rings. The maximum Gasteiger partial charge on any atom is 0.307 e. The van der Waals surface area contributed by atoms with Gasteiger partial charge in [0.25, 0.3) is 0 Å². The minimum absolute atomic E-state index is 0.174. The molecule has 2 nitrogen and oxygen atoms in total. The smallest absolute Gasteiger partial charge is 0.307 e. The number of carbonyl (C=O) groups is 1. The van der Waals surface area contributed by atoms with Crippen LogP contribution in [0.3, 0.4) is 0 Å². The summed E-state index contributed by atoms with van der Waals surface area (Å²) in [5.41, 5.74) is 0. The minimum Gasteiger partial charge on any atom is -0.481 e. The first-order chi connectivity index (χ1) is 6.61. The van der Waals surface area contributed by atoms with Gasteiger partial charge >= 0.3 is 5.97 Å². The fourth-order valence-corrected chi connectivity index (χ4v) is 2.14. The van der Waals surface area contributed by atoms with Gasteiger partial charge in [-0.15, -0.1) is 0 Å². The third kappa shape index (κ3) is 3.17. The zero-order chi connectivity index (χ0) is 10.6. The van der Waals surface area contributed by atoms with E-state index in [1.165, 1.54) is 0 Å². The molecule has 2 unspecified atom stereocenters. The molecule has 0 fully saturated rings. The lowest BCUT2D eigenvalue weighted by Gasteiger charge is -2.24. The lowest BCUT2D eigenvalue weighted by Crippen LogP contribution is -2.25. The molecule has 2 atom stereocenters. The van der Waals surface area contributed by atoms with Crippen LogP contribution < -0.4 is 0 Å². The van der Waals surface area contributed by atoms with Crippen LogP contribution in [0.1, 0.15) is 39.5 Å². The van der Waals surface area contributed by atoms with Crippen molar-refractivity contribution in [2.24, 2.45) is 17.8 Å². The Morgan fingerprint density at radius 2 is 2.29 bits per heavy atom. The summed E-state index contributed by atoms with van der Waals surface area (Å²) in [6, 6.07) is 0. The fourth-order valence-electron chi connectivity index (χ4n) is 2.14. The van der Waals surface area contributed by atoms with Crippen molar-refractivity contribution in [3.8, 4) is 0 Å².